The standard InChI is InChI=1S/C18H13N3O5S2/c1-26-15-8-11(18(22)23)6-7-14(15)21-28(24,25)16-10-27-17(20-16)13-5-3-2-4-12(13)9-19/h2-8,10,21H,1H3,(H,22,23). The first kappa shape index (κ1) is 19.3. The van der Waals surface area contributed by atoms with Crippen LogP contribution in [0.3, 0.4) is 0 Å². The molecule has 142 valence electrons. The van der Waals surface area contributed by atoms with Gasteiger partial charge in [-0.05, 0) is 24.3 Å². The number of rotatable bonds is 6. The Hall–Kier alpha value is -3.42. The Morgan fingerprint density at radius 3 is 2.71 bits per heavy atom. The Labute approximate surface area is 164 Å². The van der Waals surface area contributed by atoms with Crippen molar-refractivity contribution < 1.29 is 23.1 Å². The van der Waals surface area contributed by atoms with E-state index in [9.17, 15) is 18.5 Å². The van der Waals surface area contributed by atoms with Gasteiger partial charge in [0.05, 0.1) is 30.0 Å². The van der Waals surface area contributed by atoms with Crippen LogP contribution in [0.15, 0.2) is 52.9 Å². The zero-order valence-corrected chi connectivity index (χ0v) is 16.0. The van der Waals surface area contributed by atoms with Crippen LogP contribution in [0.5, 0.6) is 5.75 Å². The molecule has 1 heterocycles. The highest BCUT2D eigenvalue weighted by Gasteiger charge is 2.22. The highest BCUT2D eigenvalue weighted by atomic mass is 32.2. The summed E-state index contributed by atoms with van der Waals surface area (Å²) in [5.41, 5.74) is 0.975. The molecule has 10 heteroatoms. The first-order valence-electron chi connectivity index (χ1n) is 7.75. The third-order valence-electron chi connectivity index (χ3n) is 3.73. The summed E-state index contributed by atoms with van der Waals surface area (Å²) in [6.07, 6.45) is 0. The SMILES string of the molecule is COc1cc(C(=O)O)ccc1NS(=O)(=O)c1csc(-c2ccccc2C#N)n1. The molecule has 3 aromatic rings. The summed E-state index contributed by atoms with van der Waals surface area (Å²) in [4.78, 5) is 15.2. The van der Waals surface area contributed by atoms with Crippen LogP contribution in [-0.4, -0.2) is 31.6 Å². The number of benzene rings is 2. The van der Waals surface area contributed by atoms with Crippen LogP contribution in [0, 0.1) is 11.3 Å². The fourth-order valence-corrected chi connectivity index (χ4v) is 4.58. The number of hydrogen-bond donors (Lipinski definition) is 2. The monoisotopic (exact) mass is 415 g/mol. The smallest absolute Gasteiger partial charge is 0.335 e. The Morgan fingerprint density at radius 2 is 2.04 bits per heavy atom. The van der Waals surface area contributed by atoms with Crippen LogP contribution >= 0.6 is 11.3 Å². The van der Waals surface area contributed by atoms with Crippen LogP contribution in [-0.2, 0) is 10.0 Å². The number of aromatic nitrogens is 1. The predicted molar refractivity (Wildman–Crippen MR) is 103 cm³/mol. The third-order valence-corrected chi connectivity index (χ3v) is 6.00. The number of sulfonamides is 1. The lowest BCUT2D eigenvalue weighted by atomic mass is 10.1. The van der Waals surface area contributed by atoms with Crippen molar-refractivity contribution in [3.8, 4) is 22.4 Å². The second-order valence-corrected chi connectivity index (χ2v) is 7.96. The number of nitriles is 1. The van der Waals surface area contributed by atoms with Gasteiger partial charge in [-0.1, -0.05) is 18.2 Å². The molecule has 0 aliphatic heterocycles. The van der Waals surface area contributed by atoms with Crippen LogP contribution in [0.1, 0.15) is 15.9 Å². The summed E-state index contributed by atoms with van der Waals surface area (Å²) >= 11 is 1.10. The van der Waals surface area contributed by atoms with Crippen LogP contribution in [0.25, 0.3) is 10.6 Å². The number of methoxy groups -OCH3 is 1. The molecular weight excluding hydrogens is 402 g/mol. The summed E-state index contributed by atoms with van der Waals surface area (Å²) in [5.74, 6) is -1.10. The molecule has 0 saturated heterocycles. The maximum absolute atomic E-state index is 12.7. The van der Waals surface area contributed by atoms with Crippen LogP contribution in [0.2, 0.25) is 0 Å². The normalized spacial score (nSPS) is 10.9. The minimum Gasteiger partial charge on any atom is -0.495 e. The van der Waals surface area contributed by atoms with Crippen molar-refractivity contribution in [2.75, 3.05) is 11.8 Å². The van der Waals surface area contributed by atoms with Gasteiger partial charge >= 0.3 is 5.97 Å². The first-order valence-corrected chi connectivity index (χ1v) is 10.1. The van der Waals surface area contributed by atoms with Gasteiger partial charge in [0.2, 0.25) is 0 Å². The summed E-state index contributed by atoms with van der Waals surface area (Å²) < 4.78 is 32.8. The number of anilines is 1. The molecule has 0 unspecified atom stereocenters. The number of ether oxygens (including phenoxy) is 1. The van der Waals surface area contributed by atoms with E-state index in [-0.39, 0.29) is 22.0 Å². The van der Waals surface area contributed by atoms with Crippen molar-refractivity contribution in [3.63, 3.8) is 0 Å². The molecule has 0 spiro atoms. The third kappa shape index (κ3) is 3.80. The summed E-state index contributed by atoms with van der Waals surface area (Å²) in [6.45, 7) is 0. The van der Waals surface area contributed by atoms with Gasteiger partial charge in [0.1, 0.15) is 10.8 Å². The average Bonchev–Trinajstić information content (AvgIpc) is 3.19. The van der Waals surface area contributed by atoms with Crippen molar-refractivity contribution in [2.24, 2.45) is 0 Å². The second-order valence-electron chi connectivity index (χ2n) is 5.47. The molecule has 0 radical (unpaired) electrons. The number of nitrogens with zero attached hydrogens (tertiary/aromatic N) is 2. The Kier molecular flexibility index (Phi) is 5.30. The number of carboxylic acids is 1. The number of carbonyl (C=O) groups is 1. The molecule has 8 nitrogen and oxygen atoms in total. The largest absolute Gasteiger partial charge is 0.495 e. The van der Waals surface area contributed by atoms with Gasteiger partial charge in [0.15, 0.2) is 5.03 Å². The van der Waals surface area contributed by atoms with E-state index < -0.39 is 16.0 Å². The van der Waals surface area contributed by atoms with Gasteiger partial charge in [-0.3, -0.25) is 4.72 Å². The van der Waals surface area contributed by atoms with E-state index in [1.165, 1.54) is 30.7 Å². The van der Waals surface area contributed by atoms with Crippen LogP contribution < -0.4 is 9.46 Å². The first-order chi connectivity index (χ1) is 13.4. The molecule has 0 amide bonds. The summed E-state index contributed by atoms with van der Waals surface area (Å²) in [6, 6.07) is 12.6. The van der Waals surface area contributed by atoms with Gasteiger partial charge in [0.25, 0.3) is 10.0 Å². The molecule has 2 aromatic carbocycles. The van der Waals surface area contributed by atoms with Crippen molar-refractivity contribution in [1.29, 1.82) is 5.26 Å². The Bertz CT molecular complexity index is 1200. The van der Waals surface area contributed by atoms with Gasteiger partial charge in [0, 0.05) is 10.9 Å². The van der Waals surface area contributed by atoms with Gasteiger partial charge in [-0.15, -0.1) is 11.3 Å². The van der Waals surface area contributed by atoms with Crippen molar-refractivity contribution in [2.45, 2.75) is 5.03 Å². The molecule has 0 aliphatic rings. The molecule has 2 N–H and O–H groups in total. The lowest BCUT2D eigenvalue weighted by Crippen LogP contribution is -2.14. The Morgan fingerprint density at radius 1 is 1.29 bits per heavy atom. The highest BCUT2D eigenvalue weighted by Crippen LogP contribution is 2.31. The minimum atomic E-state index is -4.05. The van der Waals surface area contributed by atoms with E-state index in [2.05, 4.69) is 9.71 Å². The molecule has 3 rings (SSSR count). The van der Waals surface area contributed by atoms with E-state index in [0.717, 1.165) is 11.3 Å². The molecule has 1 aromatic heterocycles. The molecule has 28 heavy (non-hydrogen) atoms. The van der Waals surface area contributed by atoms with E-state index in [1.54, 1.807) is 24.3 Å². The molecule has 0 fully saturated rings. The zero-order chi connectivity index (χ0) is 20.3. The minimum absolute atomic E-state index is 0.0381. The number of nitrogens with one attached hydrogen (secondary N) is 1. The predicted octanol–water partition coefficient (Wildman–Crippen LogP) is 3.19. The molecule has 0 saturated carbocycles. The summed E-state index contributed by atoms with van der Waals surface area (Å²) in [7, 11) is -2.74. The van der Waals surface area contributed by atoms with E-state index in [1.807, 2.05) is 6.07 Å². The van der Waals surface area contributed by atoms with Crippen molar-refractivity contribution >= 4 is 33.0 Å². The highest BCUT2D eigenvalue weighted by molar-refractivity contribution is 7.92. The molecule has 0 atom stereocenters. The van der Waals surface area contributed by atoms with Crippen LogP contribution in [0.4, 0.5) is 5.69 Å². The lowest BCUT2D eigenvalue weighted by molar-refractivity contribution is 0.0696. The second kappa shape index (κ2) is 7.67. The van der Waals surface area contributed by atoms with E-state index in [0.29, 0.717) is 16.1 Å². The zero-order valence-electron chi connectivity index (χ0n) is 14.4. The fourth-order valence-electron chi connectivity index (χ4n) is 2.38. The molecule has 0 aliphatic carbocycles. The van der Waals surface area contributed by atoms with Crippen molar-refractivity contribution in [3.05, 3.63) is 59.0 Å². The van der Waals surface area contributed by atoms with Crippen molar-refractivity contribution in [1.82, 2.24) is 4.98 Å². The molecular formula is C18H13N3O5S2. The topological polar surface area (TPSA) is 129 Å². The van der Waals surface area contributed by atoms with Gasteiger partial charge < -0.3 is 9.84 Å². The average molecular weight is 415 g/mol. The maximum Gasteiger partial charge on any atom is 0.335 e. The van der Waals surface area contributed by atoms with Gasteiger partial charge in [-0.25, -0.2) is 9.78 Å². The number of aromatic carboxylic acids is 1. The summed E-state index contributed by atoms with van der Waals surface area (Å²) in [5, 5.41) is 19.8. The Balaban J connectivity index is 1.94. The van der Waals surface area contributed by atoms with E-state index in [4.69, 9.17) is 9.84 Å². The van der Waals surface area contributed by atoms with E-state index >= 15 is 0 Å². The maximum atomic E-state index is 12.7. The quantitative estimate of drug-likeness (QED) is 0.632. The van der Waals surface area contributed by atoms with Gasteiger partial charge in [-0.2, -0.15) is 13.7 Å². The fraction of sp³-hybridized carbons (Fsp3) is 0.0556. The number of carboxylic acid groups (broad SMARTS) is 1. The lowest BCUT2D eigenvalue weighted by Gasteiger charge is -2.11. The number of hydrogen-bond acceptors (Lipinski definition) is 7. The number of thiazole rings is 1. The molecule has 0 bridgehead atoms.